The monoisotopic (exact) mass is 309 g/mol. The second-order valence-corrected chi connectivity index (χ2v) is 6.59. The van der Waals surface area contributed by atoms with Crippen LogP contribution in [0.15, 0.2) is 16.3 Å². The third-order valence-corrected chi connectivity index (χ3v) is 3.33. The molecule has 0 aliphatic carbocycles. The molecule has 5 heteroatoms. The molecule has 0 fully saturated rings. The molecule has 5 nitrogen and oxygen atoms in total. The van der Waals surface area contributed by atoms with E-state index in [2.05, 4.69) is 4.99 Å². The quantitative estimate of drug-likeness (QED) is 0.707. The zero-order valence-corrected chi connectivity index (χ0v) is 14.4. The van der Waals surface area contributed by atoms with Gasteiger partial charge < -0.3 is 9.47 Å². The van der Waals surface area contributed by atoms with Crippen LogP contribution in [0.4, 0.5) is 0 Å². The minimum absolute atomic E-state index is 0.269. The van der Waals surface area contributed by atoms with Crippen LogP contribution in [-0.4, -0.2) is 30.9 Å². The first kappa shape index (κ1) is 18.4. The summed E-state index contributed by atoms with van der Waals surface area (Å²) in [5.41, 5.74) is 1.78. The van der Waals surface area contributed by atoms with Crippen molar-refractivity contribution >= 4 is 17.7 Å². The van der Waals surface area contributed by atoms with Crippen LogP contribution in [0.1, 0.15) is 48.0 Å². The van der Waals surface area contributed by atoms with E-state index in [1.807, 2.05) is 27.7 Å². The van der Waals surface area contributed by atoms with Gasteiger partial charge in [0, 0.05) is 11.4 Å². The van der Waals surface area contributed by atoms with Crippen molar-refractivity contribution in [1.82, 2.24) is 0 Å². The molecule has 1 unspecified atom stereocenters. The van der Waals surface area contributed by atoms with Crippen LogP contribution in [0, 0.1) is 17.8 Å². The summed E-state index contributed by atoms with van der Waals surface area (Å²) in [6, 6.07) is 0. The minimum Gasteiger partial charge on any atom is -0.465 e. The largest absolute Gasteiger partial charge is 0.465 e. The normalized spacial score (nSPS) is 18.5. The first-order valence-electron chi connectivity index (χ1n) is 7.81. The summed E-state index contributed by atoms with van der Waals surface area (Å²) in [6.07, 6.45) is 0.301. The Morgan fingerprint density at radius 2 is 1.64 bits per heavy atom. The molecule has 22 heavy (non-hydrogen) atoms. The average Bonchev–Trinajstić information content (AvgIpc) is 2.42. The Bertz CT molecular complexity index is 489. The van der Waals surface area contributed by atoms with E-state index in [4.69, 9.17) is 9.47 Å². The van der Waals surface area contributed by atoms with Gasteiger partial charge in [0.15, 0.2) is 0 Å². The van der Waals surface area contributed by atoms with Crippen LogP contribution < -0.4 is 0 Å². The van der Waals surface area contributed by atoms with Gasteiger partial charge >= 0.3 is 11.9 Å². The third-order valence-electron chi connectivity index (χ3n) is 3.33. The van der Waals surface area contributed by atoms with Crippen LogP contribution in [0.3, 0.4) is 0 Å². The fraction of sp³-hybridized carbons (Fsp3) is 0.706. The molecule has 0 aromatic rings. The summed E-state index contributed by atoms with van der Waals surface area (Å²) in [5, 5.41) is 0. The predicted octanol–water partition coefficient (Wildman–Crippen LogP) is 3.14. The number of allylic oxidation sites excluding steroid dienone is 1. The predicted molar refractivity (Wildman–Crippen MR) is 85.5 cm³/mol. The maximum absolute atomic E-state index is 12.2. The molecule has 0 saturated heterocycles. The van der Waals surface area contributed by atoms with Crippen LogP contribution in [0.5, 0.6) is 0 Å². The van der Waals surface area contributed by atoms with Crippen molar-refractivity contribution in [2.75, 3.05) is 13.2 Å². The maximum Gasteiger partial charge on any atom is 0.335 e. The van der Waals surface area contributed by atoms with E-state index in [9.17, 15) is 9.59 Å². The fourth-order valence-corrected chi connectivity index (χ4v) is 2.07. The Hall–Kier alpha value is -1.65. The third kappa shape index (κ3) is 5.28. The number of rotatable bonds is 6. The summed E-state index contributed by atoms with van der Waals surface area (Å²) in [4.78, 5) is 28.7. The van der Waals surface area contributed by atoms with Gasteiger partial charge in [-0.05, 0) is 32.1 Å². The Balaban J connectivity index is 2.78. The molecule has 0 saturated carbocycles. The second-order valence-electron chi connectivity index (χ2n) is 6.59. The standard InChI is InChI=1S/C17H27NO4/c1-10(2)8-21-16(19)14-7-15(13(6)18-12(14)5)17(20)22-9-11(3)4/h10-11,14H,7-9H2,1-6H3. The molecule has 0 aromatic heterocycles. The van der Waals surface area contributed by atoms with Crippen molar-refractivity contribution in [2.24, 2.45) is 22.7 Å². The molecule has 0 radical (unpaired) electrons. The van der Waals surface area contributed by atoms with Gasteiger partial charge in [-0.2, -0.15) is 0 Å². The SMILES string of the molecule is CC1=NC(C)=C(C(=O)OCC(C)C)CC1C(=O)OCC(C)C. The first-order valence-corrected chi connectivity index (χ1v) is 7.81. The minimum atomic E-state index is -0.496. The number of esters is 2. The van der Waals surface area contributed by atoms with E-state index in [1.54, 1.807) is 13.8 Å². The van der Waals surface area contributed by atoms with E-state index in [1.165, 1.54) is 0 Å². The lowest BCUT2D eigenvalue weighted by atomic mass is 9.91. The number of nitrogens with zero attached hydrogens (tertiary/aromatic N) is 1. The van der Waals surface area contributed by atoms with Crippen molar-refractivity contribution in [1.29, 1.82) is 0 Å². The summed E-state index contributed by atoms with van der Waals surface area (Å²) < 4.78 is 10.5. The molecule has 1 rings (SSSR count). The van der Waals surface area contributed by atoms with Gasteiger partial charge in [-0.1, -0.05) is 27.7 Å². The average molecular weight is 309 g/mol. The van der Waals surface area contributed by atoms with Gasteiger partial charge in [0.1, 0.15) is 0 Å². The number of aliphatic imine (C=N–C) groups is 1. The molecule has 0 amide bonds. The van der Waals surface area contributed by atoms with Crippen LogP contribution in [-0.2, 0) is 19.1 Å². The first-order chi connectivity index (χ1) is 10.2. The molecule has 1 aliphatic heterocycles. The topological polar surface area (TPSA) is 65.0 Å². The summed E-state index contributed by atoms with van der Waals surface area (Å²) in [5.74, 6) is -0.659. The molecular weight excluding hydrogens is 282 g/mol. The Kier molecular flexibility index (Phi) is 6.78. The van der Waals surface area contributed by atoms with Crippen LogP contribution in [0.25, 0.3) is 0 Å². The maximum atomic E-state index is 12.2. The van der Waals surface area contributed by atoms with Crippen LogP contribution >= 0.6 is 0 Å². The molecule has 1 aliphatic rings. The number of hydrogen-bond donors (Lipinski definition) is 0. The molecule has 1 atom stereocenters. The Morgan fingerprint density at radius 3 is 2.18 bits per heavy atom. The zero-order valence-electron chi connectivity index (χ0n) is 14.4. The summed E-state index contributed by atoms with van der Waals surface area (Å²) in [7, 11) is 0. The van der Waals surface area contributed by atoms with Crippen molar-refractivity contribution in [2.45, 2.75) is 48.0 Å². The molecule has 0 spiro atoms. The molecule has 124 valence electrons. The Labute approximate surface area is 132 Å². The van der Waals surface area contributed by atoms with E-state index in [0.29, 0.717) is 36.6 Å². The smallest absolute Gasteiger partial charge is 0.335 e. The van der Waals surface area contributed by atoms with Crippen molar-refractivity contribution in [3.05, 3.63) is 11.3 Å². The molecular formula is C17H27NO4. The van der Waals surface area contributed by atoms with Crippen molar-refractivity contribution in [3.63, 3.8) is 0 Å². The van der Waals surface area contributed by atoms with Gasteiger partial charge in [0.2, 0.25) is 0 Å². The highest BCUT2D eigenvalue weighted by Crippen LogP contribution is 2.26. The van der Waals surface area contributed by atoms with Gasteiger partial charge in [-0.25, -0.2) is 4.79 Å². The molecule has 0 aromatic carbocycles. The lowest BCUT2D eigenvalue weighted by Gasteiger charge is -2.23. The van der Waals surface area contributed by atoms with E-state index >= 15 is 0 Å². The lowest BCUT2D eigenvalue weighted by Crippen LogP contribution is -2.30. The molecule has 1 heterocycles. The summed E-state index contributed by atoms with van der Waals surface area (Å²) >= 11 is 0. The highest BCUT2D eigenvalue weighted by atomic mass is 16.5. The van der Waals surface area contributed by atoms with E-state index in [-0.39, 0.29) is 23.8 Å². The van der Waals surface area contributed by atoms with E-state index in [0.717, 1.165) is 0 Å². The van der Waals surface area contributed by atoms with Gasteiger partial charge in [0.25, 0.3) is 0 Å². The number of hydrogen-bond acceptors (Lipinski definition) is 5. The second kappa shape index (κ2) is 8.11. The van der Waals surface area contributed by atoms with Crippen molar-refractivity contribution < 1.29 is 19.1 Å². The van der Waals surface area contributed by atoms with Gasteiger partial charge in [0.05, 0.1) is 24.7 Å². The lowest BCUT2D eigenvalue weighted by molar-refractivity contribution is -0.147. The van der Waals surface area contributed by atoms with Crippen molar-refractivity contribution in [3.8, 4) is 0 Å². The summed E-state index contributed by atoms with van der Waals surface area (Å²) in [6.45, 7) is 12.2. The molecule has 0 bridgehead atoms. The number of carbonyl (C=O) groups excluding carboxylic acids is 2. The highest BCUT2D eigenvalue weighted by molar-refractivity contribution is 6.04. The number of ether oxygens (including phenoxy) is 2. The zero-order chi connectivity index (χ0) is 16.9. The van der Waals surface area contributed by atoms with Gasteiger partial charge in [-0.3, -0.25) is 9.79 Å². The van der Waals surface area contributed by atoms with E-state index < -0.39 is 5.92 Å². The molecule has 0 N–H and O–H groups in total. The Morgan fingerprint density at radius 1 is 1.09 bits per heavy atom. The highest BCUT2D eigenvalue weighted by Gasteiger charge is 2.32. The number of carbonyl (C=O) groups is 2. The van der Waals surface area contributed by atoms with Crippen LogP contribution in [0.2, 0.25) is 0 Å². The van der Waals surface area contributed by atoms with Gasteiger partial charge in [-0.15, -0.1) is 0 Å². The fourth-order valence-electron chi connectivity index (χ4n) is 2.07.